The van der Waals surface area contributed by atoms with Gasteiger partial charge in [-0.1, -0.05) is 74.2 Å². The number of carbonyl (C=O) groups is 1. The van der Waals surface area contributed by atoms with Crippen molar-refractivity contribution in [2.24, 2.45) is 10.9 Å². The van der Waals surface area contributed by atoms with Crippen LogP contribution in [0.3, 0.4) is 0 Å². The highest BCUT2D eigenvalue weighted by molar-refractivity contribution is 8.18. The van der Waals surface area contributed by atoms with E-state index in [2.05, 4.69) is 25.0 Å². The summed E-state index contributed by atoms with van der Waals surface area (Å²) < 4.78 is 5.88. The Labute approximate surface area is 211 Å². The number of amides is 1. The lowest BCUT2D eigenvalue weighted by atomic mass is 9.85. The molecule has 0 unspecified atom stereocenters. The minimum atomic E-state index is 0.0132. The summed E-state index contributed by atoms with van der Waals surface area (Å²) in [6.07, 6.45) is 11.9. The molecule has 5 heteroatoms. The van der Waals surface area contributed by atoms with E-state index in [-0.39, 0.29) is 18.6 Å². The van der Waals surface area contributed by atoms with Crippen molar-refractivity contribution in [1.29, 1.82) is 0 Å². The lowest BCUT2D eigenvalue weighted by Gasteiger charge is -2.35. The zero-order valence-corrected chi connectivity index (χ0v) is 20.6. The fourth-order valence-electron chi connectivity index (χ4n) is 4.95. The second kappa shape index (κ2) is 10.4. The highest BCUT2D eigenvalue weighted by atomic mass is 32.2. The number of rotatable bonds is 5. The zero-order valence-electron chi connectivity index (χ0n) is 19.8. The molecule has 0 N–H and O–H groups in total. The van der Waals surface area contributed by atoms with Crippen molar-refractivity contribution in [2.75, 3.05) is 6.61 Å². The molecule has 35 heavy (non-hydrogen) atoms. The zero-order chi connectivity index (χ0) is 24.2. The third-order valence-corrected chi connectivity index (χ3v) is 7.72. The minimum Gasteiger partial charge on any atom is -0.480 e. The fourth-order valence-corrected chi connectivity index (χ4v) is 5.98. The summed E-state index contributed by atoms with van der Waals surface area (Å²) in [5.74, 6) is 3.66. The van der Waals surface area contributed by atoms with E-state index in [1.54, 1.807) is 0 Å². The second-order valence-corrected chi connectivity index (χ2v) is 10.0. The molecule has 1 heterocycles. The minimum absolute atomic E-state index is 0.0132. The van der Waals surface area contributed by atoms with E-state index in [4.69, 9.17) is 16.2 Å². The molecule has 2 fully saturated rings. The van der Waals surface area contributed by atoms with Crippen molar-refractivity contribution in [2.45, 2.75) is 38.6 Å². The Balaban J connectivity index is 1.61. The summed E-state index contributed by atoms with van der Waals surface area (Å²) >= 11 is 1.44. The maximum atomic E-state index is 13.9. The van der Waals surface area contributed by atoms with Gasteiger partial charge in [0.1, 0.15) is 12.4 Å². The van der Waals surface area contributed by atoms with Crippen LogP contribution in [0, 0.1) is 18.3 Å². The Hall–Kier alpha value is -3.49. The average molecular weight is 481 g/mol. The maximum absolute atomic E-state index is 13.9. The Morgan fingerprint density at radius 1 is 1.09 bits per heavy atom. The molecular weight excluding hydrogens is 452 g/mol. The number of fused-ring (bicyclic) bond motifs is 1. The molecule has 1 amide bonds. The van der Waals surface area contributed by atoms with Crippen LogP contribution in [0.4, 0.5) is 5.69 Å². The largest absolute Gasteiger partial charge is 0.480 e. The van der Waals surface area contributed by atoms with Gasteiger partial charge in [0.05, 0.1) is 10.6 Å². The van der Waals surface area contributed by atoms with Crippen LogP contribution in [-0.4, -0.2) is 28.6 Å². The lowest BCUT2D eigenvalue weighted by Crippen LogP contribution is -2.44. The summed E-state index contributed by atoms with van der Waals surface area (Å²) in [7, 11) is 0. The van der Waals surface area contributed by atoms with Gasteiger partial charge in [0.15, 0.2) is 5.17 Å². The first-order chi connectivity index (χ1) is 17.2. The third-order valence-electron chi connectivity index (χ3n) is 6.73. The summed E-state index contributed by atoms with van der Waals surface area (Å²) in [5, 5.41) is 2.85. The summed E-state index contributed by atoms with van der Waals surface area (Å²) in [4.78, 5) is 21.4. The number of terminal acetylenes is 1. The van der Waals surface area contributed by atoms with E-state index < -0.39 is 0 Å². The Bertz CT molecular complexity index is 1340. The van der Waals surface area contributed by atoms with Gasteiger partial charge in [-0.05, 0) is 65.6 Å². The van der Waals surface area contributed by atoms with Crippen molar-refractivity contribution in [3.8, 4) is 18.1 Å². The van der Waals surface area contributed by atoms with E-state index in [1.165, 1.54) is 18.2 Å². The number of thioether (sulfide) groups is 1. The standard InChI is InChI=1S/C30H28N2O2S/c1-3-19-34-27-18-17-22-12-8-9-15-24(22)25(27)20-28-29(33)32(26-16-10-7-11-21(26)2)30(35-28)31-23-13-5-4-6-14-23/h1,4-6,8-9,12-15,17-18,20-21,26H,7,10-11,16,19H2,2H3/b28-20-,31-30?/t21-,26-/m1/s1. The van der Waals surface area contributed by atoms with Crippen molar-refractivity contribution >= 4 is 45.4 Å². The summed E-state index contributed by atoms with van der Waals surface area (Å²) in [6, 6.07) is 22.1. The molecule has 0 radical (unpaired) electrons. The predicted molar refractivity (Wildman–Crippen MR) is 146 cm³/mol. The van der Waals surface area contributed by atoms with Gasteiger partial charge < -0.3 is 4.74 Å². The Kier molecular flexibility index (Phi) is 6.92. The molecular formula is C30H28N2O2S. The molecule has 5 rings (SSSR count). The van der Waals surface area contributed by atoms with Gasteiger partial charge in [0, 0.05) is 11.6 Å². The molecule has 176 valence electrons. The van der Waals surface area contributed by atoms with Crippen LogP contribution < -0.4 is 4.74 Å². The van der Waals surface area contributed by atoms with Gasteiger partial charge in [-0.3, -0.25) is 9.69 Å². The monoisotopic (exact) mass is 480 g/mol. The average Bonchev–Trinajstić information content (AvgIpc) is 3.18. The first kappa shape index (κ1) is 23.3. The number of hydrogen-bond donors (Lipinski definition) is 0. The fraction of sp³-hybridized carbons (Fsp3) is 0.267. The van der Waals surface area contributed by atoms with Crippen LogP contribution >= 0.6 is 11.8 Å². The Morgan fingerprint density at radius 3 is 2.66 bits per heavy atom. The highest BCUT2D eigenvalue weighted by Crippen LogP contribution is 2.41. The number of aliphatic imine (C=N–C) groups is 1. The van der Waals surface area contributed by atoms with Crippen LogP contribution in [0.2, 0.25) is 0 Å². The molecule has 0 spiro atoms. The van der Waals surface area contributed by atoms with Gasteiger partial charge in [0.25, 0.3) is 5.91 Å². The molecule has 4 nitrogen and oxygen atoms in total. The normalized spacial score (nSPS) is 22.6. The van der Waals surface area contributed by atoms with Gasteiger partial charge >= 0.3 is 0 Å². The SMILES string of the molecule is C#CCOc1ccc2ccccc2c1/C=C1\SC(=Nc2ccccc2)N([C@@H]2CCCC[C@H]2C)C1=O. The van der Waals surface area contributed by atoms with E-state index in [9.17, 15) is 4.79 Å². The number of ether oxygens (including phenoxy) is 1. The lowest BCUT2D eigenvalue weighted by molar-refractivity contribution is -0.124. The van der Waals surface area contributed by atoms with E-state index in [1.807, 2.05) is 65.6 Å². The van der Waals surface area contributed by atoms with Crippen LogP contribution in [0.5, 0.6) is 5.75 Å². The topological polar surface area (TPSA) is 41.9 Å². The molecule has 0 bridgehead atoms. The predicted octanol–water partition coefficient (Wildman–Crippen LogP) is 7.03. The molecule has 1 aliphatic carbocycles. The number of benzene rings is 3. The van der Waals surface area contributed by atoms with Crippen molar-refractivity contribution in [3.63, 3.8) is 0 Å². The van der Waals surface area contributed by atoms with Crippen LogP contribution in [-0.2, 0) is 4.79 Å². The smallest absolute Gasteiger partial charge is 0.267 e. The Morgan fingerprint density at radius 2 is 1.86 bits per heavy atom. The third kappa shape index (κ3) is 4.85. The van der Waals surface area contributed by atoms with E-state index >= 15 is 0 Å². The molecule has 1 saturated carbocycles. The molecule has 1 saturated heterocycles. The quantitative estimate of drug-likeness (QED) is 0.291. The first-order valence-corrected chi connectivity index (χ1v) is 12.9. The van der Waals surface area contributed by atoms with Crippen molar-refractivity contribution in [3.05, 3.63) is 77.2 Å². The number of para-hydroxylation sites is 1. The maximum Gasteiger partial charge on any atom is 0.267 e. The van der Waals surface area contributed by atoms with Crippen LogP contribution in [0.25, 0.3) is 16.8 Å². The summed E-state index contributed by atoms with van der Waals surface area (Å²) in [6.45, 7) is 2.42. The van der Waals surface area contributed by atoms with Gasteiger partial charge in [-0.15, -0.1) is 6.42 Å². The molecule has 1 aliphatic heterocycles. The highest BCUT2D eigenvalue weighted by Gasteiger charge is 2.41. The molecule has 3 aromatic carbocycles. The molecule has 0 aromatic heterocycles. The number of nitrogens with zero attached hydrogens (tertiary/aromatic N) is 2. The number of amidine groups is 1. The van der Waals surface area contributed by atoms with Crippen molar-refractivity contribution in [1.82, 2.24) is 4.90 Å². The summed E-state index contributed by atoms with van der Waals surface area (Å²) in [5.41, 5.74) is 1.72. The van der Waals surface area contributed by atoms with Gasteiger partial charge in [-0.25, -0.2) is 4.99 Å². The first-order valence-electron chi connectivity index (χ1n) is 12.1. The number of hydrogen-bond acceptors (Lipinski definition) is 4. The molecule has 2 atom stereocenters. The van der Waals surface area contributed by atoms with Gasteiger partial charge in [-0.2, -0.15) is 0 Å². The van der Waals surface area contributed by atoms with Crippen LogP contribution in [0.15, 0.2) is 76.6 Å². The van der Waals surface area contributed by atoms with E-state index in [0.717, 1.165) is 46.5 Å². The van der Waals surface area contributed by atoms with E-state index in [0.29, 0.717) is 16.6 Å². The van der Waals surface area contributed by atoms with Crippen LogP contribution in [0.1, 0.15) is 38.2 Å². The second-order valence-electron chi connectivity index (χ2n) is 9.04. The van der Waals surface area contributed by atoms with Crippen molar-refractivity contribution < 1.29 is 9.53 Å². The molecule has 3 aromatic rings. The molecule has 2 aliphatic rings. The van der Waals surface area contributed by atoms with Gasteiger partial charge in [0.2, 0.25) is 0 Å². The number of carbonyl (C=O) groups excluding carboxylic acids is 1.